The van der Waals surface area contributed by atoms with E-state index < -0.39 is 13.3 Å². The van der Waals surface area contributed by atoms with Crippen molar-refractivity contribution in [2.45, 2.75) is 32.0 Å². The fourth-order valence-corrected chi connectivity index (χ4v) is 1.62. The van der Waals surface area contributed by atoms with Crippen molar-refractivity contribution < 1.29 is 64.3 Å². The molecule has 0 unspecified atom stereocenters. The van der Waals surface area contributed by atoms with Crippen molar-refractivity contribution in [2.75, 3.05) is 0 Å². The second-order valence-corrected chi connectivity index (χ2v) is 3.10. The Balaban J connectivity index is 0.000001000. The molecule has 5 heteroatoms. The van der Waals surface area contributed by atoms with E-state index in [1.165, 1.54) is 0 Å². The van der Waals surface area contributed by atoms with Crippen LogP contribution in [0.4, 0.5) is 12.9 Å². The normalized spacial score (nSPS) is 19.9. The molecule has 0 N–H and O–H groups in total. The average Bonchev–Trinajstić information content (AvgIpc) is 2.12. The molecular weight excluding hydrogens is 179 g/mol. The zero-order valence-electron chi connectivity index (χ0n) is 6.82. The summed E-state index contributed by atoms with van der Waals surface area (Å²) in [5, 5.41) is 0. The molecular formula is C6H11BF3K. The largest absolute Gasteiger partial charge is 1.00 e. The average molecular weight is 190 g/mol. The molecule has 0 aliphatic heterocycles. The van der Waals surface area contributed by atoms with Crippen LogP contribution in [0.3, 0.4) is 0 Å². The van der Waals surface area contributed by atoms with Gasteiger partial charge in [0.25, 0.3) is 0 Å². The van der Waals surface area contributed by atoms with E-state index in [1.807, 2.05) is 0 Å². The maximum absolute atomic E-state index is 11.8. The first-order valence-electron chi connectivity index (χ1n) is 3.79. The van der Waals surface area contributed by atoms with Gasteiger partial charge in [-0.05, 0) is 0 Å². The van der Waals surface area contributed by atoms with Crippen LogP contribution in [-0.2, 0) is 0 Å². The van der Waals surface area contributed by atoms with Crippen LogP contribution >= 0.6 is 0 Å². The zero-order chi connectivity index (χ0) is 7.61. The van der Waals surface area contributed by atoms with Crippen LogP contribution < -0.4 is 51.4 Å². The minimum atomic E-state index is -4.51. The fourth-order valence-electron chi connectivity index (χ4n) is 1.62. The standard InChI is InChI=1S/C6H11BF3.K/c8-7(9,10)5-6-3-1-2-4-6;/h6H,1-5H2;/q-1;+1. The second-order valence-electron chi connectivity index (χ2n) is 3.10. The SMILES string of the molecule is F[B-](F)(F)CC1CCCC1.[K+]. The molecule has 60 valence electrons. The molecule has 0 aromatic heterocycles. The van der Waals surface area contributed by atoms with Crippen LogP contribution in [0.25, 0.3) is 0 Å². The van der Waals surface area contributed by atoms with Crippen molar-refractivity contribution in [1.29, 1.82) is 0 Å². The Morgan fingerprint density at radius 3 is 1.91 bits per heavy atom. The molecule has 0 spiro atoms. The van der Waals surface area contributed by atoms with Gasteiger partial charge in [-0.3, -0.25) is 0 Å². The van der Waals surface area contributed by atoms with Gasteiger partial charge in [-0.1, -0.05) is 37.9 Å². The molecule has 11 heavy (non-hydrogen) atoms. The second kappa shape index (κ2) is 5.27. The van der Waals surface area contributed by atoms with E-state index in [4.69, 9.17) is 0 Å². The molecule has 0 bridgehead atoms. The first-order valence-corrected chi connectivity index (χ1v) is 3.79. The minimum absolute atomic E-state index is 0. The van der Waals surface area contributed by atoms with Crippen molar-refractivity contribution >= 4 is 6.98 Å². The quantitative estimate of drug-likeness (QED) is 0.539. The first kappa shape index (κ1) is 12.5. The summed E-state index contributed by atoms with van der Waals surface area (Å²) in [6.45, 7) is -4.51. The number of hydrogen-bond donors (Lipinski definition) is 0. The number of rotatable bonds is 2. The minimum Gasteiger partial charge on any atom is -0.449 e. The van der Waals surface area contributed by atoms with E-state index in [-0.39, 0.29) is 57.3 Å². The van der Waals surface area contributed by atoms with Crippen molar-refractivity contribution in [3.8, 4) is 0 Å². The van der Waals surface area contributed by atoms with E-state index in [1.54, 1.807) is 0 Å². The molecule has 1 saturated carbocycles. The van der Waals surface area contributed by atoms with Crippen LogP contribution in [0.1, 0.15) is 25.7 Å². The third-order valence-electron chi connectivity index (χ3n) is 2.08. The van der Waals surface area contributed by atoms with Gasteiger partial charge in [0.2, 0.25) is 0 Å². The van der Waals surface area contributed by atoms with Crippen LogP contribution in [-0.4, -0.2) is 6.98 Å². The predicted octanol–water partition coefficient (Wildman–Crippen LogP) is 0.0280. The molecule has 1 rings (SSSR count). The Morgan fingerprint density at radius 2 is 1.55 bits per heavy atom. The molecule has 0 aromatic rings. The molecule has 0 nitrogen and oxygen atoms in total. The molecule has 0 saturated heterocycles. The van der Waals surface area contributed by atoms with Gasteiger partial charge in [-0.25, -0.2) is 0 Å². The zero-order valence-corrected chi connectivity index (χ0v) is 9.95. The summed E-state index contributed by atoms with van der Waals surface area (Å²) in [6.07, 6.45) is 3.08. The molecule has 1 fully saturated rings. The third-order valence-corrected chi connectivity index (χ3v) is 2.08. The van der Waals surface area contributed by atoms with Crippen LogP contribution in [0.5, 0.6) is 0 Å². The Kier molecular flexibility index (Phi) is 5.99. The summed E-state index contributed by atoms with van der Waals surface area (Å²) in [7, 11) is 0. The maximum atomic E-state index is 11.8. The third kappa shape index (κ3) is 5.69. The van der Waals surface area contributed by atoms with Gasteiger partial charge >= 0.3 is 58.4 Å². The van der Waals surface area contributed by atoms with E-state index >= 15 is 0 Å². The van der Waals surface area contributed by atoms with E-state index in [0.717, 1.165) is 25.7 Å². The van der Waals surface area contributed by atoms with Gasteiger partial charge in [0.05, 0.1) is 0 Å². The van der Waals surface area contributed by atoms with Gasteiger partial charge in [0, 0.05) is 0 Å². The van der Waals surface area contributed by atoms with Crippen LogP contribution in [0.2, 0.25) is 6.32 Å². The summed E-state index contributed by atoms with van der Waals surface area (Å²) in [6, 6.07) is 0. The van der Waals surface area contributed by atoms with Crippen molar-refractivity contribution in [3.05, 3.63) is 0 Å². The maximum Gasteiger partial charge on any atom is 1.00 e. The molecule has 0 atom stereocenters. The van der Waals surface area contributed by atoms with Gasteiger partial charge < -0.3 is 12.9 Å². The molecule has 0 radical (unpaired) electrons. The molecule has 1 aliphatic carbocycles. The monoisotopic (exact) mass is 190 g/mol. The topological polar surface area (TPSA) is 0 Å². The Labute approximate surface area is 108 Å². The smallest absolute Gasteiger partial charge is 0.449 e. The van der Waals surface area contributed by atoms with Gasteiger partial charge in [0.15, 0.2) is 0 Å². The van der Waals surface area contributed by atoms with E-state index in [9.17, 15) is 12.9 Å². The summed E-state index contributed by atoms with van der Waals surface area (Å²) in [5.74, 6) is -0.0417. The first-order chi connectivity index (χ1) is 4.58. The summed E-state index contributed by atoms with van der Waals surface area (Å²) in [4.78, 5) is 0. The molecule has 0 aromatic carbocycles. The summed E-state index contributed by atoms with van der Waals surface area (Å²) >= 11 is 0. The number of hydrogen-bond acceptors (Lipinski definition) is 0. The molecule has 0 heterocycles. The van der Waals surface area contributed by atoms with Crippen molar-refractivity contribution in [2.24, 2.45) is 5.92 Å². The fraction of sp³-hybridized carbons (Fsp3) is 1.00. The Morgan fingerprint density at radius 1 is 1.09 bits per heavy atom. The van der Waals surface area contributed by atoms with E-state index in [2.05, 4.69) is 0 Å². The predicted molar refractivity (Wildman–Crippen MR) is 35.8 cm³/mol. The summed E-state index contributed by atoms with van der Waals surface area (Å²) < 4.78 is 35.3. The van der Waals surface area contributed by atoms with Crippen molar-refractivity contribution in [1.82, 2.24) is 0 Å². The van der Waals surface area contributed by atoms with Crippen molar-refractivity contribution in [3.63, 3.8) is 0 Å². The molecule has 1 aliphatic rings. The van der Waals surface area contributed by atoms with Gasteiger partial charge in [-0.2, -0.15) is 0 Å². The Hall–Kier alpha value is 1.49. The number of halogens is 3. The van der Waals surface area contributed by atoms with Gasteiger partial charge in [0.1, 0.15) is 0 Å². The van der Waals surface area contributed by atoms with Crippen LogP contribution in [0.15, 0.2) is 0 Å². The van der Waals surface area contributed by atoms with E-state index in [0.29, 0.717) is 0 Å². The molecule has 0 amide bonds. The van der Waals surface area contributed by atoms with Crippen LogP contribution in [0, 0.1) is 5.92 Å². The van der Waals surface area contributed by atoms with Gasteiger partial charge in [-0.15, -0.1) is 0 Å². The Bertz CT molecular complexity index is 109. The summed E-state index contributed by atoms with van der Waals surface area (Å²) in [5.41, 5.74) is 0.